The fraction of sp³-hybridized carbons (Fsp3) is 1.00. The summed E-state index contributed by atoms with van der Waals surface area (Å²) in [6, 6.07) is 0.550. The van der Waals surface area contributed by atoms with Crippen molar-refractivity contribution in [3.05, 3.63) is 0 Å². The van der Waals surface area contributed by atoms with Crippen molar-refractivity contribution in [3.8, 4) is 0 Å². The first kappa shape index (κ1) is 18.4. The summed E-state index contributed by atoms with van der Waals surface area (Å²) in [4.78, 5) is 0. The second-order valence-electron chi connectivity index (χ2n) is 8.10. The lowest BCUT2D eigenvalue weighted by Gasteiger charge is -2.50. The number of fused-ring (bicyclic) bond motifs is 1. The Balaban J connectivity index is 1.34. The summed E-state index contributed by atoms with van der Waals surface area (Å²) in [5, 5.41) is 7.70. The largest absolute Gasteiger partial charge is 0.376 e. The molecular weight excluding hydrogens is 340 g/mol. The molecule has 144 valence electrons. The summed E-state index contributed by atoms with van der Waals surface area (Å²) in [7, 11) is 0. The molecule has 4 aliphatic rings. The maximum Gasteiger partial charge on any atom is 0.0934 e. The van der Waals surface area contributed by atoms with Gasteiger partial charge in [0.1, 0.15) is 0 Å². The van der Waals surface area contributed by atoms with Crippen LogP contribution in [0.5, 0.6) is 0 Å². The second-order valence-corrected chi connectivity index (χ2v) is 8.72. The molecule has 0 aromatic heterocycles. The summed E-state index contributed by atoms with van der Waals surface area (Å²) in [6.07, 6.45) is 6.53. The predicted molar refractivity (Wildman–Crippen MR) is 98.5 cm³/mol. The first-order valence-corrected chi connectivity index (χ1v) is 10.5. The number of ether oxygens (including phenoxy) is 2. The molecule has 4 rings (SSSR count). The molecule has 3 aliphatic heterocycles. The molecule has 5 atom stereocenters. The Morgan fingerprint density at radius 3 is 2.68 bits per heavy atom. The molecule has 0 radical (unpaired) electrons. The Bertz CT molecular complexity index is 416. The zero-order valence-electron chi connectivity index (χ0n) is 15.0. The van der Waals surface area contributed by atoms with Crippen LogP contribution in [-0.4, -0.2) is 63.1 Å². The van der Waals surface area contributed by atoms with Crippen LogP contribution in [0.3, 0.4) is 0 Å². The number of halogens is 1. The van der Waals surface area contributed by atoms with Crippen LogP contribution in [0.25, 0.3) is 0 Å². The second kappa shape index (κ2) is 8.83. The Hall–Kier alpha value is 0.0500. The summed E-state index contributed by atoms with van der Waals surface area (Å²) in [5.41, 5.74) is 7.27. The van der Waals surface area contributed by atoms with Crippen LogP contribution in [0.15, 0.2) is 0 Å². The summed E-state index contributed by atoms with van der Waals surface area (Å²) >= 11 is 6.32. The van der Waals surface area contributed by atoms with E-state index in [1.165, 1.54) is 19.3 Å². The topological polar surface area (TPSA) is 66.6 Å². The number of rotatable bonds is 4. The van der Waals surface area contributed by atoms with Crippen LogP contribution in [0.1, 0.15) is 32.1 Å². The van der Waals surface area contributed by atoms with Gasteiger partial charge in [-0.2, -0.15) is 0 Å². The van der Waals surface area contributed by atoms with Crippen molar-refractivity contribution in [3.63, 3.8) is 0 Å². The Morgan fingerprint density at radius 1 is 1.00 bits per heavy atom. The van der Waals surface area contributed by atoms with E-state index in [0.29, 0.717) is 42.6 Å². The minimum absolute atomic E-state index is 0.174. The van der Waals surface area contributed by atoms with Gasteiger partial charge in [-0.05, 0) is 62.9 Å². The summed E-state index contributed by atoms with van der Waals surface area (Å²) in [5.74, 6) is 2.07. The van der Waals surface area contributed by atoms with Gasteiger partial charge >= 0.3 is 0 Å². The van der Waals surface area contributed by atoms with E-state index < -0.39 is 0 Å². The van der Waals surface area contributed by atoms with Crippen LogP contribution >= 0.6 is 11.6 Å². The van der Waals surface area contributed by atoms with Crippen molar-refractivity contribution < 1.29 is 9.47 Å². The van der Waals surface area contributed by atoms with Crippen molar-refractivity contribution >= 4 is 11.6 Å². The molecule has 3 saturated heterocycles. The molecule has 4 fully saturated rings. The highest BCUT2D eigenvalue weighted by Crippen LogP contribution is 2.37. The summed E-state index contributed by atoms with van der Waals surface area (Å²) < 4.78 is 11.3. The van der Waals surface area contributed by atoms with Gasteiger partial charge in [0.2, 0.25) is 0 Å². The van der Waals surface area contributed by atoms with Crippen LogP contribution in [0, 0.1) is 17.8 Å². The molecule has 0 amide bonds. The molecule has 0 aromatic carbocycles. The van der Waals surface area contributed by atoms with Crippen LogP contribution in [-0.2, 0) is 9.47 Å². The van der Waals surface area contributed by atoms with Crippen molar-refractivity contribution in [1.82, 2.24) is 21.5 Å². The van der Waals surface area contributed by atoms with Crippen LogP contribution in [0.2, 0.25) is 0 Å². The minimum atomic E-state index is 0.174. The molecule has 0 aromatic rings. The lowest BCUT2D eigenvalue weighted by molar-refractivity contribution is -0.0896. The van der Waals surface area contributed by atoms with Gasteiger partial charge in [0, 0.05) is 18.0 Å². The van der Waals surface area contributed by atoms with Gasteiger partial charge in [0.25, 0.3) is 0 Å². The molecule has 4 unspecified atom stereocenters. The normalized spacial score (nSPS) is 45.7. The van der Waals surface area contributed by atoms with Gasteiger partial charge in [0.15, 0.2) is 0 Å². The van der Waals surface area contributed by atoms with E-state index in [9.17, 15) is 0 Å². The van der Waals surface area contributed by atoms with Gasteiger partial charge in [0.05, 0.1) is 32.1 Å². The molecule has 25 heavy (non-hydrogen) atoms. The zero-order valence-corrected chi connectivity index (χ0v) is 15.8. The average molecular weight is 373 g/mol. The quantitative estimate of drug-likeness (QED) is 0.548. The van der Waals surface area contributed by atoms with Gasteiger partial charge in [-0.25, -0.2) is 5.43 Å². The third-order valence-electron chi connectivity index (χ3n) is 6.54. The van der Waals surface area contributed by atoms with E-state index in [1.807, 2.05) is 0 Å². The van der Waals surface area contributed by atoms with E-state index in [2.05, 4.69) is 21.5 Å². The maximum absolute atomic E-state index is 6.32. The first-order chi connectivity index (χ1) is 12.3. The smallest absolute Gasteiger partial charge is 0.0934 e. The van der Waals surface area contributed by atoms with Gasteiger partial charge in [-0.1, -0.05) is 0 Å². The van der Waals surface area contributed by atoms with Gasteiger partial charge in [-0.3, -0.25) is 10.7 Å². The highest BCUT2D eigenvalue weighted by Gasteiger charge is 2.44. The predicted octanol–water partition coefficient (Wildman–Crippen LogP) is 0.817. The van der Waals surface area contributed by atoms with E-state index in [0.717, 1.165) is 45.0 Å². The van der Waals surface area contributed by atoms with Gasteiger partial charge in [-0.15, -0.1) is 11.6 Å². The number of piperidine rings is 1. The average Bonchev–Trinajstić information content (AvgIpc) is 2.68. The Morgan fingerprint density at radius 2 is 1.88 bits per heavy atom. The molecule has 0 bridgehead atoms. The van der Waals surface area contributed by atoms with Crippen LogP contribution in [0.4, 0.5) is 0 Å². The highest BCUT2D eigenvalue weighted by atomic mass is 35.5. The molecule has 4 N–H and O–H groups in total. The molecule has 0 spiro atoms. The number of alkyl halides is 1. The van der Waals surface area contributed by atoms with E-state index in [1.54, 1.807) is 0 Å². The molecule has 7 heteroatoms. The number of nitrogens with one attached hydrogen (secondary N) is 4. The van der Waals surface area contributed by atoms with E-state index >= 15 is 0 Å². The molecular formula is C18H33ClN4O2. The molecule has 1 aliphatic carbocycles. The van der Waals surface area contributed by atoms with E-state index in [4.69, 9.17) is 21.1 Å². The third kappa shape index (κ3) is 4.49. The van der Waals surface area contributed by atoms with Crippen LogP contribution < -0.4 is 21.5 Å². The van der Waals surface area contributed by atoms with Crippen molar-refractivity contribution in [2.24, 2.45) is 17.8 Å². The monoisotopic (exact) mass is 372 g/mol. The standard InChI is InChI=1S/C18H33ClN4O2/c19-13-3-1-12(2-4-13)17-16-10-20-6-5-15(16)18(23-22-17)21-9-14-11-24-7-8-25-14/h12-18,20-23H,1-11H2/t12?,13?,14-,15?,16?,17?,18?/m0/s1. The fourth-order valence-corrected chi connectivity index (χ4v) is 5.38. The lowest BCUT2D eigenvalue weighted by atomic mass is 9.70. The minimum Gasteiger partial charge on any atom is -0.376 e. The lowest BCUT2D eigenvalue weighted by Crippen LogP contribution is -2.70. The number of hydrogen-bond acceptors (Lipinski definition) is 6. The molecule has 3 heterocycles. The number of hydrazine groups is 1. The molecule has 6 nitrogen and oxygen atoms in total. The Labute approximate surface area is 156 Å². The van der Waals surface area contributed by atoms with E-state index in [-0.39, 0.29) is 6.10 Å². The maximum atomic E-state index is 6.32. The van der Waals surface area contributed by atoms with Crippen molar-refractivity contribution in [2.75, 3.05) is 39.5 Å². The fourth-order valence-electron chi connectivity index (χ4n) is 5.13. The molecule has 1 saturated carbocycles. The SMILES string of the molecule is ClC1CCC(C2NNC(NC[C@H]3COCCO3)C3CCNCC32)CC1. The Kier molecular flexibility index (Phi) is 6.50. The third-order valence-corrected chi connectivity index (χ3v) is 6.98. The van der Waals surface area contributed by atoms with Crippen molar-refractivity contribution in [2.45, 2.75) is 55.8 Å². The van der Waals surface area contributed by atoms with Gasteiger partial charge < -0.3 is 14.8 Å². The zero-order chi connectivity index (χ0) is 17.1. The summed E-state index contributed by atoms with van der Waals surface area (Å²) in [6.45, 7) is 5.22. The first-order valence-electron chi connectivity index (χ1n) is 10.1. The number of hydrogen-bond donors (Lipinski definition) is 4. The van der Waals surface area contributed by atoms with Crippen molar-refractivity contribution in [1.29, 1.82) is 0 Å². The highest BCUT2D eigenvalue weighted by molar-refractivity contribution is 6.20.